The highest BCUT2D eigenvalue weighted by molar-refractivity contribution is 5.25. The molecule has 0 atom stereocenters. The fourth-order valence-corrected chi connectivity index (χ4v) is 1.47. The Morgan fingerprint density at radius 2 is 1.88 bits per heavy atom. The van der Waals surface area contributed by atoms with Crippen molar-refractivity contribution in [3.8, 4) is 5.88 Å². The van der Waals surface area contributed by atoms with Crippen molar-refractivity contribution in [2.24, 2.45) is 5.73 Å². The molecule has 0 aliphatic carbocycles. The minimum atomic E-state index is -0.280. The average molecular weight is 232 g/mol. The number of rotatable bonds is 4. The number of ether oxygens (including phenoxy) is 1. The summed E-state index contributed by atoms with van der Waals surface area (Å²) in [5.74, 6) is 0.177. The van der Waals surface area contributed by atoms with Crippen molar-refractivity contribution < 1.29 is 9.13 Å². The second-order valence-electron chi connectivity index (χ2n) is 3.55. The van der Waals surface area contributed by atoms with Gasteiger partial charge in [0.05, 0.1) is 0 Å². The summed E-state index contributed by atoms with van der Waals surface area (Å²) in [6.45, 7) is 0.497. The van der Waals surface area contributed by atoms with Crippen LogP contribution in [0.1, 0.15) is 11.1 Å². The monoisotopic (exact) mass is 232 g/mol. The summed E-state index contributed by atoms with van der Waals surface area (Å²) in [6, 6.07) is 10.1. The van der Waals surface area contributed by atoms with Crippen molar-refractivity contribution in [3.63, 3.8) is 0 Å². The zero-order valence-corrected chi connectivity index (χ0v) is 9.27. The Morgan fingerprint density at radius 3 is 2.65 bits per heavy atom. The number of hydrogen-bond acceptors (Lipinski definition) is 3. The summed E-state index contributed by atoms with van der Waals surface area (Å²) >= 11 is 0. The molecule has 17 heavy (non-hydrogen) atoms. The lowest BCUT2D eigenvalue weighted by molar-refractivity contribution is 0.285. The van der Waals surface area contributed by atoms with Gasteiger partial charge in [0.25, 0.3) is 0 Å². The van der Waals surface area contributed by atoms with Gasteiger partial charge in [-0.15, -0.1) is 0 Å². The summed E-state index contributed by atoms with van der Waals surface area (Å²) in [4.78, 5) is 4.07. The molecule has 0 amide bonds. The number of pyridine rings is 1. The van der Waals surface area contributed by atoms with Crippen LogP contribution < -0.4 is 10.5 Å². The Balaban J connectivity index is 2.10. The fourth-order valence-electron chi connectivity index (χ4n) is 1.47. The molecule has 4 heteroatoms. The van der Waals surface area contributed by atoms with Gasteiger partial charge in [-0.25, -0.2) is 9.37 Å². The SMILES string of the molecule is NCc1cccnc1OCc1ccccc1F. The van der Waals surface area contributed by atoms with Crippen LogP contribution in [0.4, 0.5) is 4.39 Å². The van der Waals surface area contributed by atoms with Crippen molar-refractivity contribution in [1.29, 1.82) is 0 Å². The lowest BCUT2D eigenvalue weighted by Gasteiger charge is -2.09. The van der Waals surface area contributed by atoms with Gasteiger partial charge in [0.15, 0.2) is 0 Å². The van der Waals surface area contributed by atoms with Gasteiger partial charge in [-0.2, -0.15) is 0 Å². The molecule has 88 valence electrons. The van der Waals surface area contributed by atoms with Crippen molar-refractivity contribution >= 4 is 0 Å². The zero-order chi connectivity index (χ0) is 12.1. The second-order valence-corrected chi connectivity index (χ2v) is 3.55. The second kappa shape index (κ2) is 5.41. The third-order valence-corrected chi connectivity index (χ3v) is 2.39. The van der Waals surface area contributed by atoms with E-state index in [9.17, 15) is 4.39 Å². The normalized spacial score (nSPS) is 10.2. The molecule has 1 heterocycles. The van der Waals surface area contributed by atoms with Crippen LogP contribution >= 0.6 is 0 Å². The number of benzene rings is 1. The van der Waals surface area contributed by atoms with Crippen LogP contribution in [0.5, 0.6) is 5.88 Å². The van der Waals surface area contributed by atoms with E-state index < -0.39 is 0 Å². The van der Waals surface area contributed by atoms with Crippen LogP contribution in [-0.2, 0) is 13.2 Å². The maximum absolute atomic E-state index is 13.3. The average Bonchev–Trinajstić information content (AvgIpc) is 2.38. The maximum atomic E-state index is 13.3. The molecule has 0 aliphatic heterocycles. The van der Waals surface area contributed by atoms with E-state index in [2.05, 4.69) is 4.98 Å². The van der Waals surface area contributed by atoms with Gasteiger partial charge in [0, 0.05) is 23.9 Å². The van der Waals surface area contributed by atoms with Gasteiger partial charge in [0.2, 0.25) is 5.88 Å². The molecule has 1 aromatic heterocycles. The molecule has 1 aromatic carbocycles. The highest BCUT2D eigenvalue weighted by atomic mass is 19.1. The summed E-state index contributed by atoms with van der Waals surface area (Å²) in [5, 5.41) is 0. The number of aromatic nitrogens is 1. The molecule has 2 rings (SSSR count). The summed E-state index contributed by atoms with van der Waals surface area (Å²) in [5.41, 5.74) is 6.87. The van der Waals surface area contributed by atoms with Gasteiger partial charge in [-0.3, -0.25) is 0 Å². The lowest BCUT2D eigenvalue weighted by Crippen LogP contribution is -2.05. The van der Waals surface area contributed by atoms with E-state index in [1.54, 1.807) is 30.5 Å². The molecule has 2 aromatic rings. The fraction of sp³-hybridized carbons (Fsp3) is 0.154. The standard InChI is InChI=1S/C13H13FN2O/c14-12-6-2-1-4-11(12)9-17-13-10(8-15)5-3-7-16-13/h1-7H,8-9,15H2. The first kappa shape index (κ1) is 11.5. The summed E-state index contributed by atoms with van der Waals surface area (Å²) in [7, 11) is 0. The van der Waals surface area contributed by atoms with Crippen LogP contribution in [0.15, 0.2) is 42.6 Å². The van der Waals surface area contributed by atoms with E-state index in [-0.39, 0.29) is 12.4 Å². The molecule has 3 nitrogen and oxygen atoms in total. The third kappa shape index (κ3) is 2.79. The van der Waals surface area contributed by atoms with Gasteiger partial charge in [-0.1, -0.05) is 24.3 Å². The molecular formula is C13H13FN2O. The molecule has 0 radical (unpaired) electrons. The summed E-state index contributed by atoms with van der Waals surface area (Å²) in [6.07, 6.45) is 1.62. The van der Waals surface area contributed by atoms with E-state index in [0.717, 1.165) is 5.56 Å². The largest absolute Gasteiger partial charge is 0.472 e. The van der Waals surface area contributed by atoms with Gasteiger partial charge in [-0.05, 0) is 12.1 Å². The number of hydrogen-bond donors (Lipinski definition) is 1. The van der Waals surface area contributed by atoms with Gasteiger partial charge >= 0.3 is 0 Å². The van der Waals surface area contributed by atoms with Crippen molar-refractivity contribution in [3.05, 3.63) is 59.5 Å². The smallest absolute Gasteiger partial charge is 0.218 e. The van der Waals surface area contributed by atoms with E-state index in [4.69, 9.17) is 10.5 Å². The van der Waals surface area contributed by atoms with Crippen molar-refractivity contribution in [2.75, 3.05) is 0 Å². The van der Waals surface area contributed by atoms with E-state index in [0.29, 0.717) is 18.0 Å². The molecule has 0 saturated heterocycles. The van der Waals surface area contributed by atoms with Crippen molar-refractivity contribution in [2.45, 2.75) is 13.2 Å². The molecular weight excluding hydrogens is 219 g/mol. The van der Waals surface area contributed by atoms with Crippen LogP contribution in [-0.4, -0.2) is 4.98 Å². The Bertz CT molecular complexity index is 502. The summed E-state index contributed by atoms with van der Waals surface area (Å²) < 4.78 is 18.8. The molecule has 0 bridgehead atoms. The molecule has 0 unspecified atom stereocenters. The Hall–Kier alpha value is -1.94. The lowest BCUT2D eigenvalue weighted by atomic mass is 10.2. The molecule has 2 N–H and O–H groups in total. The first-order valence-corrected chi connectivity index (χ1v) is 5.31. The maximum Gasteiger partial charge on any atom is 0.218 e. The number of nitrogens with two attached hydrogens (primary N) is 1. The number of halogens is 1. The Labute approximate surface area is 99.1 Å². The highest BCUT2D eigenvalue weighted by Crippen LogP contribution is 2.16. The van der Waals surface area contributed by atoms with Crippen LogP contribution in [0.2, 0.25) is 0 Å². The first-order valence-electron chi connectivity index (χ1n) is 5.31. The van der Waals surface area contributed by atoms with Crippen molar-refractivity contribution in [1.82, 2.24) is 4.98 Å². The Morgan fingerprint density at radius 1 is 1.12 bits per heavy atom. The van der Waals surface area contributed by atoms with E-state index >= 15 is 0 Å². The van der Waals surface area contributed by atoms with Crippen LogP contribution in [0.25, 0.3) is 0 Å². The highest BCUT2D eigenvalue weighted by Gasteiger charge is 2.05. The van der Waals surface area contributed by atoms with E-state index in [1.165, 1.54) is 6.07 Å². The van der Waals surface area contributed by atoms with Crippen LogP contribution in [0, 0.1) is 5.82 Å². The minimum absolute atomic E-state index is 0.149. The number of nitrogens with zero attached hydrogens (tertiary/aromatic N) is 1. The van der Waals surface area contributed by atoms with Crippen LogP contribution in [0.3, 0.4) is 0 Å². The predicted molar refractivity (Wildman–Crippen MR) is 62.9 cm³/mol. The minimum Gasteiger partial charge on any atom is -0.472 e. The third-order valence-electron chi connectivity index (χ3n) is 2.39. The molecule has 0 aliphatic rings. The van der Waals surface area contributed by atoms with E-state index in [1.807, 2.05) is 6.07 Å². The van der Waals surface area contributed by atoms with Gasteiger partial charge in [0.1, 0.15) is 12.4 Å². The quantitative estimate of drug-likeness (QED) is 0.879. The molecule has 0 saturated carbocycles. The predicted octanol–water partition coefficient (Wildman–Crippen LogP) is 2.26. The molecule has 0 fully saturated rings. The first-order chi connectivity index (χ1) is 8.31. The Kier molecular flexibility index (Phi) is 3.67. The topological polar surface area (TPSA) is 48.1 Å². The van der Waals surface area contributed by atoms with Gasteiger partial charge < -0.3 is 10.5 Å². The molecule has 0 spiro atoms. The zero-order valence-electron chi connectivity index (χ0n) is 9.27.